The van der Waals surface area contributed by atoms with E-state index in [1.807, 2.05) is 0 Å². The average molecular weight is 484 g/mol. The fraction of sp³-hybridized carbons (Fsp3) is 0.364. The van der Waals surface area contributed by atoms with E-state index in [0.29, 0.717) is 18.7 Å². The number of ether oxygens (including phenoxy) is 1. The van der Waals surface area contributed by atoms with E-state index in [9.17, 15) is 31.2 Å². The zero-order valence-corrected chi connectivity index (χ0v) is 18.6. The van der Waals surface area contributed by atoms with E-state index in [-0.39, 0.29) is 16.1 Å². The molecule has 1 fully saturated rings. The van der Waals surface area contributed by atoms with Crippen molar-refractivity contribution in [3.8, 4) is 0 Å². The van der Waals surface area contributed by atoms with Gasteiger partial charge < -0.3 is 10.1 Å². The molecule has 11 heteroatoms. The predicted molar refractivity (Wildman–Crippen MR) is 114 cm³/mol. The van der Waals surface area contributed by atoms with E-state index in [0.717, 1.165) is 43.5 Å². The fourth-order valence-corrected chi connectivity index (χ4v) is 5.17. The fourth-order valence-electron chi connectivity index (χ4n) is 3.41. The van der Waals surface area contributed by atoms with Gasteiger partial charge in [-0.25, -0.2) is 13.2 Å². The summed E-state index contributed by atoms with van der Waals surface area (Å²) in [4.78, 5) is 24.3. The van der Waals surface area contributed by atoms with Gasteiger partial charge in [-0.05, 0) is 61.7 Å². The number of hydrogen-bond acceptors (Lipinski definition) is 5. The second-order valence-electron chi connectivity index (χ2n) is 7.64. The van der Waals surface area contributed by atoms with E-state index < -0.39 is 40.2 Å². The standard InChI is InChI=1S/C22H23F3N2O5S/c1-15-5-10-18(13-19(15)33(30,31)27-11-3-2-4-12-27)26-20(28)14-32-21(29)16-6-8-17(9-7-16)22(23,24)25/h5-10,13H,2-4,11-12,14H2,1H3,(H,26,28). The lowest BCUT2D eigenvalue weighted by molar-refractivity contribution is -0.137. The highest BCUT2D eigenvalue weighted by Crippen LogP contribution is 2.29. The summed E-state index contributed by atoms with van der Waals surface area (Å²) in [6.07, 6.45) is -1.97. The van der Waals surface area contributed by atoms with Crippen LogP contribution >= 0.6 is 0 Å². The van der Waals surface area contributed by atoms with Crippen molar-refractivity contribution in [2.75, 3.05) is 25.0 Å². The molecule has 1 amide bonds. The number of benzene rings is 2. The van der Waals surface area contributed by atoms with E-state index >= 15 is 0 Å². The Morgan fingerprint density at radius 1 is 1.03 bits per heavy atom. The summed E-state index contributed by atoms with van der Waals surface area (Å²) in [5, 5.41) is 2.47. The summed E-state index contributed by atoms with van der Waals surface area (Å²) in [5.41, 5.74) is -0.299. The number of esters is 1. The lowest BCUT2D eigenvalue weighted by Gasteiger charge is -2.26. The van der Waals surface area contributed by atoms with Crippen molar-refractivity contribution in [2.45, 2.75) is 37.3 Å². The molecule has 1 N–H and O–H groups in total. The third-order valence-electron chi connectivity index (χ3n) is 5.19. The van der Waals surface area contributed by atoms with Gasteiger partial charge in [-0.15, -0.1) is 0 Å². The molecule has 1 aliphatic rings. The van der Waals surface area contributed by atoms with Gasteiger partial charge in [0, 0.05) is 18.8 Å². The van der Waals surface area contributed by atoms with Crippen LogP contribution in [0.4, 0.5) is 18.9 Å². The maximum Gasteiger partial charge on any atom is 0.416 e. The summed E-state index contributed by atoms with van der Waals surface area (Å²) in [6.45, 7) is 1.85. The number of sulfonamides is 1. The Morgan fingerprint density at radius 2 is 1.67 bits per heavy atom. The topological polar surface area (TPSA) is 92.8 Å². The van der Waals surface area contributed by atoms with Crippen molar-refractivity contribution in [3.05, 3.63) is 59.2 Å². The number of carbonyl (C=O) groups excluding carboxylic acids is 2. The number of hydrogen-bond donors (Lipinski definition) is 1. The number of rotatable bonds is 6. The molecule has 0 radical (unpaired) electrons. The van der Waals surface area contributed by atoms with Crippen LogP contribution < -0.4 is 5.32 Å². The van der Waals surface area contributed by atoms with Crippen LogP contribution in [0.25, 0.3) is 0 Å². The van der Waals surface area contributed by atoms with Gasteiger partial charge >= 0.3 is 12.1 Å². The van der Waals surface area contributed by atoms with Gasteiger partial charge in [0.1, 0.15) is 0 Å². The minimum absolute atomic E-state index is 0.0870. The third kappa shape index (κ3) is 6.11. The lowest BCUT2D eigenvalue weighted by Crippen LogP contribution is -2.36. The van der Waals surface area contributed by atoms with Crippen molar-refractivity contribution < 1.29 is 35.9 Å². The van der Waals surface area contributed by atoms with Crippen molar-refractivity contribution in [2.24, 2.45) is 0 Å². The second-order valence-corrected chi connectivity index (χ2v) is 9.55. The molecule has 1 saturated heterocycles. The number of amides is 1. The van der Waals surface area contributed by atoms with Crippen LogP contribution in [0.15, 0.2) is 47.4 Å². The van der Waals surface area contributed by atoms with Crippen LogP contribution in [0.5, 0.6) is 0 Å². The maximum atomic E-state index is 13.0. The summed E-state index contributed by atoms with van der Waals surface area (Å²) in [7, 11) is -3.71. The smallest absolute Gasteiger partial charge is 0.416 e. The summed E-state index contributed by atoms with van der Waals surface area (Å²) >= 11 is 0. The number of halogens is 3. The number of nitrogens with zero attached hydrogens (tertiary/aromatic N) is 1. The zero-order valence-electron chi connectivity index (χ0n) is 17.8. The molecular weight excluding hydrogens is 461 g/mol. The first-order chi connectivity index (χ1) is 15.5. The van der Waals surface area contributed by atoms with Crippen LogP contribution in [0, 0.1) is 6.92 Å². The Bertz CT molecular complexity index is 1130. The summed E-state index contributed by atoms with van der Waals surface area (Å²) in [6, 6.07) is 7.86. The number of anilines is 1. The molecule has 1 aliphatic heterocycles. The average Bonchev–Trinajstić information content (AvgIpc) is 2.78. The zero-order chi connectivity index (χ0) is 24.2. The number of piperidine rings is 1. The van der Waals surface area contributed by atoms with E-state index in [1.165, 1.54) is 16.4 Å². The Balaban J connectivity index is 1.62. The molecular formula is C22H23F3N2O5S. The Labute approximate surface area is 189 Å². The molecule has 0 spiro atoms. The minimum Gasteiger partial charge on any atom is -0.452 e. The molecule has 0 aliphatic carbocycles. The van der Waals surface area contributed by atoms with Crippen molar-refractivity contribution >= 4 is 27.6 Å². The highest BCUT2D eigenvalue weighted by Gasteiger charge is 2.30. The molecule has 0 bridgehead atoms. The molecule has 2 aromatic rings. The first kappa shape index (κ1) is 24.7. The van der Waals surface area contributed by atoms with Gasteiger partial charge in [-0.1, -0.05) is 12.5 Å². The maximum absolute atomic E-state index is 13.0. The van der Waals surface area contributed by atoms with Crippen LogP contribution in [0.1, 0.15) is 40.7 Å². The number of carbonyl (C=O) groups is 2. The Kier molecular flexibility index (Phi) is 7.43. The molecule has 33 heavy (non-hydrogen) atoms. The van der Waals surface area contributed by atoms with Gasteiger partial charge in [0.05, 0.1) is 16.0 Å². The summed E-state index contributed by atoms with van der Waals surface area (Å²) < 4.78 is 70.0. The van der Waals surface area contributed by atoms with Crippen LogP contribution in [-0.4, -0.2) is 44.3 Å². The molecule has 0 saturated carbocycles. The molecule has 7 nitrogen and oxygen atoms in total. The van der Waals surface area contributed by atoms with Crippen molar-refractivity contribution in [1.29, 1.82) is 0 Å². The van der Waals surface area contributed by atoms with Crippen LogP contribution in [0.2, 0.25) is 0 Å². The summed E-state index contributed by atoms with van der Waals surface area (Å²) in [5.74, 6) is -1.68. The van der Waals surface area contributed by atoms with Gasteiger partial charge in [0.2, 0.25) is 10.0 Å². The van der Waals surface area contributed by atoms with E-state index in [4.69, 9.17) is 4.74 Å². The van der Waals surface area contributed by atoms with Crippen molar-refractivity contribution in [1.82, 2.24) is 4.31 Å². The van der Waals surface area contributed by atoms with Crippen molar-refractivity contribution in [3.63, 3.8) is 0 Å². The van der Waals surface area contributed by atoms with Crippen LogP contribution in [-0.2, 0) is 25.7 Å². The Hall–Kier alpha value is -2.92. The van der Waals surface area contributed by atoms with Gasteiger partial charge in [0.15, 0.2) is 6.61 Å². The molecule has 0 atom stereocenters. The molecule has 0 unspecified atom stereocenters. The highest BCUT2D eigenvalue weighted by molar-refractivity contribution is 7.89. The van der Waals surface area contributed by atoms with Crippen LogP contribution in [0.3, 0.4) is 0 Å². The number of aryl methyl sites for hydroxylation is 1. The molecule has 3 rings (SSSR count). The highest BCUT2D eigenvalue weighted by atomic mass is 32.2. The molecule has 178 valence electrons. The van der Waals surface area contributed by atoms with Gasteiger partial charge in [-0.2, -0.15) is 17.5 Å². The van der Waals surface area contributed by atoms with E-state index in [1.54, 1.807) is 13.0 Å². The van der Waals surface area contributed by atoms with E-state index in [2.05, 4.69) is 5.32 Å². The van der Waals surface area contributed by atoms with Gasteiger partial charge in [0.25, 0.3) is 5.91 Å². The lowest BCUT2D eigenvalue weighted by atomic mass is 10.1. The predicted octanol–water partition coefficient (Wildman–Crippen LogP) is 3.98. The first-order valence-corrected chi connectivity index (χ1v) is 11.7. The second kappa shape index (κ2) is 9.92. The largest absolute Gasteiger partial charge is 0.452 e. The Morgan fingerprint density at radius 3 is 2.27 bits per heavy atom. The quantitative estimate of drug-likeness (QED) is 0.626. The first-order valence-electron chi connectivity index (χ1n) is 10.2. The number of nitrogens with one attached hydrogen (secondary N) is 1. The molecule has 0 aromatic heterocycles. The number of alkyl halides is 3. The van der Waals surface area contributed by atoms with Gasteiger partial charge in [-0.3, -0.25) is 4.79 Å². The third-order valence-corrected chi connectivity index (χ3v) is 7.23. The SMILES string of the molecule is Cc1ccc(NC(=O)COC(=O)c2ccc(C(F)(F)F)cc2)cc1S(=O)(=O)N1CCCCC1. The molecule has 2 aromatic carbocycles. The monoisotopic (exact) mass is 484 g/mol. The molecule has 1 heterocycles. The minimum atomic E-state index is -4.53. The normalized spacial score (nSPS) is 15.2.